The summed E-state index contributed by atoms with van der Waals surface area (Å²) in [7, 11) is 0. The van der Waals surface area contributed by atoms with Crippen molar-refractivity contribution in [3.05, 3.63) is 16.1 Å². The number of carbonyl (C=O) groups is 1. The Hall–Kier alpha value is -0.650. The molecular weight excluding hydrogens is 294 g/mol. The van der Waals surface area contributed by atoms with Gasteiger partial charge in [-0.25, -0.2) is 4.98 Å². The fourth-order valence-electron chi connectivity index (χ4n) is 1.65. The van der Waals surface area contributed by atoms with Crippen LogP contribution in [0.25, 0.3) is 0 Å². The molecule has 0 saturated heterocycles. The lowest BCUT2D eigenvalue weighted by atomic mass is 9.99. The van der Waals surface area contributed by atoms with E-state index < -0.39 is 6.04 Å². The smallest absolute Gasteiger partial charge is 0.237 e. The van der Waals surface area contributed by atoms with Crippen LogP contribution in [0.15, 0.2) is 5.38 Å². The summed E-state index contributed by atoms with van der Waals surface area (Å²) < 4.78 is 0. The van der Waals surface area contributed by atoms with Crippen molar-refractivity contribution in [2.24, 2.45) is 11.7 Å². The van der Waals surface area contributed by atoms with Crippen LogP contribution in [-0.2, 0) is 11.2 Å². The predicted molar refractivity (Wildman–Crippen MR) is 87.6 cm³/mol. The molecule has 0 aliphatic heterocycles. The monoisotopic (exact) mass is 319 g/mol. The number of amides is 1. The maximum Gasteiger partial charge on any atom is 0.237 e. The van der Waals surface area contributed by atoms with Crippen LogP contribution in [0.2, 0.25) is 0 Å². The second-order valence-electron chi connectivity index (χ2n) is 5.28. The summed E-state index contributed by atoms with van der Waals surface area (Å²) in [6, 6.07) is -0.411. The second-order valence-corrected chi connectivity index (χ2v) is 6.17. The van der Waals surface area contributed by atoms with Gasteiger partial charge in [-0.15, -0.1) is 23.7 Å². The number of hydrogen-bond acceptors (Lipinski definition) is 4. The lowest BCUT2D eigenvalue weighted by molar-refractivity contribution is -0.123. The van der Waals surface area contributed by atoms with E-state index >= 15 is 0 Å². The van der Waals surface area contributed by atoms with Crippen molar-refractivity contribution >= 4 is 29.7 Å². The molecule has 1 amide bonds. The van der Waals surface area contributed by atoms with Gasteiger partial charge in [0.25, 0.3) is 0 Å². The minimum atomic E-state index is -0.411. The van der Waals surface area contributed by atoms with Gasteiger partial charge in [0.05, 0.1) is 16.7 Å². The number of aromatic nitrogens is 1. The highest BCUT2D eigenvalue weighted by molar-refractivity contribution is 7.09. The highest BCUT2D eigenvalue weighted by Gasteiger charge is 2.18. The van der Waals surface area contributed by atoms with Crippen LogP contribution in [0.4, 0.5) is 0 Å². The highest BCUT2D eigenvalue weighted by atomic mass is 35.5. The Morgan fingerprint density at radius 2 is 2.10 bits per heavy atom. The summed E-state index contributed by atoms with van der Waals surface area (Å²) in [5.41, 5.74) is 6.92. The molecule has 0 saturated carbocycles. The molecule has 0 aliphatic rings. The van der Waals surface area contributed by atoms with Gasteiger partial charge >= 0.3 is 0 Å². The van der Waals surface area contributed by atoms with Crippen LogP contribution in [0, 0.1) is 5.92 Å². The maximum atomic E-state index is 11.8. The van der Waals surface area contributed by atoms with Crippen LogP contribution < -0.4 is 11.1 Å². The van der Waals surface area contributed by atoms with Gasteiger partial charge in [-0.1, -0.05) is 34.1 Å². The fraction of sp³-hybridized carbons (Fsp3) is 0.714. The molecule has 0 bridgehead atoms. The first kappa shape index (κ1) is 19.4. The van der Waals surface area contributed by atoms with Gasteiger partial charge in [-0.3, -0.25) is 4.79 Å². The fourth-order valence-corrected chi connectivity index (χ4v) is 2.52. The van der Waals surface area contributed by atoms with Gasteiger partial charge < -0.3 is 11.1 Å². The zero-order valence-corrected chi connectivity index (χ0v) is 14.3. The van der Waals surface area contributed by atoms with Crippen LogP contribution in [0.5, 0.6) is 0 Å². The van der Waals surface area contributed by atoms with Crippen molar-refractivity contribution < 1.29 is 4.79 Å². The first-order valence-electron chi connectivity index (χ1n) is 6.93. The summed E-state index contributed by atoms with van der Waals surface area (Å²) in [6.45, 7) is 8.91. The molecule has 2 unspecified atom stereocenters. The third kappa shape index (κ3) is 5.77. The Bertz CT molecular complexity index is 409. The van der Waals surface area contributed by atoms with Crippen molar-refractivity contribution in [2.45, 2.75) is 52.5 Å². The normalized spacial score (nSPS) is 13.7. The van der Waals surface area contributed by atoms with E-state index in [0.29, 0.717) is 12.5 Å². The van der Waals surface area contributed by atoms with E-state index in [0.717, 1.165) is 23.5 Å². The van der Waals surface area contributed by atoms with Crippen molar-refractivity contribution in [3.8, 4) is 0 Å². The van der Waals surface area contributed by atoms with Crippen LogP contribution in [-0.4, -0.2) is 23.5 Å². The molecule has 20 heavy (non-hydrogen) atoms. The zero-order valence-electron chi connectivity index (χ0n) is 12.7. The Kier molecular flexibility index (Phi) is 9.01. The van der Waals surface area contributed by atoms with E-state index in [-0.39, 0.29) is 24.2 Å². The standard InChI is InChI=1S/C14H25N3OS.ClH/c1-5-10(4)12(15)13(18)16-7-6-11-8-19-14(17-11)9(2)3;/h8-10,12H,5-7,15H2,1-4H3,(H,16,18);1H. The molecule has 1 aromatic heterocycles. The number of halogens is 1. The van der Waals surface area contributed by atoms with Crippen molar-refractivity contribution in [2.75, 3.05) is 6.54 Å². The summed E-state index contributed by atoms with van der Waals surface area (Å²) >= 11 is 1.68. The number of carbonyl (C=O) groups excluding carboxylic acids is 1. The van der Waals surface area contributed by atoms with E-state index in [1.54, 1.807) is 11.3 Å². The van der Waals surface area contributed by atoms with Crippen molar-refractivity contribution in [3.63, 3.8) is 0 Å². The molecule has 0 aromatic carbocycles. The van der Waals surface area contributed by atoms with Gasteiger partial charge in [0.1, 0.15) is 0 Å². The minimum Gasteiger partial charge on any atom is -0.354 e. The molecule has 0 fully saturated rings. The molecule has 6 heteroatoms. The van der Waals surface area contributed by atoms with Crippen LogP contribution in [0.3, 0.4) is 0 Å². The molecule has 4 nitrogen and oxygen atoms in total. The minimum absolute atomic E-state index is 0. The van der Waals surface area contributed by atoms with Gasteiger partial charge in [-0.05, 0) is 5.92 Å². The van der Waals surface area contributed by atoms with E-state index in [1.807, 2.05) is 13.8 Å². The number of nitrogens with one attached hydrogen (secondary N) is 1. The quantitative estimate of drug-likeness (QED) is 0.812. The van der Waals surface area contributed by atoms with Gasteiger partial charge in [-0.2, -0.15) is 0 Å². The van der Waals surface area contributed by atoms with E-state index in [1.165, 1.54) is 0 Å². The van der Waals surface area contributed by atoms with E-state index in [4.69, 9.17) is 5.73 Å². The lowest BCUT2D eigenvalue weighted by Crippen LogP contribution is -2.45. The highest BCUT2D eigenvalue weighted by Crippen LogP contribution is 2.19. The van der Waals surface area contributed by atoms with Gasteiger partial charge in [0.15, 0.2) is 0 Å². The summed E-state index contributed by atoms with van der Waals surface area (Å²) in [4.78, 5) is 16.3. The molecule has 1 heterocycles. The number of rotatable bonds is 7. The van der Waals surface area contributed by atoms with Gasteiger partial charge in [0, 0.05) is 24.3 Å². The average Bonchev–Trinajstić information content (AvgIpc) is 2.85. The van der Waals surface area contributed by atoms with Crippen LogP contribution in [0.1, 0.15) is 50.7 Å². The SMILES string of the molecule is CCC(C)C(N)C(=O)NCCc1csc(C(C)C)n1.Cl. The molecule has 1 aromatic rings. The molecule has 1 rings (SSSR count). The summed E-state index contributed by atoms with van der Waals surface area (Å²) in [5.74, 6) is 0.618. The number of nitrogens with zero attached hydrogens (tertiary/aromatic N) is 1. The molecule has 116 valence electrons. The second kappa shape index (κ2) is 9.32. The Morgan fingerprint density at radius 1 is 1.45 bits per heavy atom. The Morgan fingerprint density at radius 3 is 2.60 bits per heavy atom. The Balaban J connectivity index is 0.00000361. The first-order valence-corrected chi connectivity index (χ1v) is 7.81. The number of nitrogens with two attached hydrogens (primary N) is 1. The third-order valence-corrected chi connectivity index (χ3v) is 4.50. The van der Waals surface area contributed by atoms with E-state index in [9.17, 15) is 4.79 Å². The summed E-state index contributed by atoms with van der Waals surface area (Å²) in [6.07, 6.45) is 1.68. The Labute approximate surface area is 132 Å². The van der Waals surface area contributed by atoms with Crippen LogP contribution >= 0.6 is 23.7 Å². The van der Waals surface area contributed by atoms with Crippen molar-refractivity contribution in [1.82, 2.24) is 10.3 Å². The topological polar surface area (TPSA) is 68.0 Å². The largest absolute Gasteiger partial charge is 0.354 e. The lowest BCUT2D eigenvalue weighted by Gasteiger charge is -2.17. The predicted octanol–water partition coefficient (Wildman–Crippen LogP) is 2.72. The average molecular weight is 320 g/mol. The van der Waals surface area contributed by atoms with Crippen molar-refractivity contribution in [1.29, 1.82) is 0 Å². The zero-order chi connectivity index (χ0) is 14.4. The molecule has 3 N–H and O–H groups in total. The first-order chi connectivity index (χ1) is 8.95. The number of thiazole rings is 1. The third-order valence-electron chi connectivity index (χ3n) is 3.30. The van der Waals surface area contributed by atoms with Gasteiger partial charge in [0.2, 0.25) is 5.91 Å². The molecule has 0 radical (unpaired) electrons. The molecular formula is C14H26ClN3OS. The maximum absolute atomic E-state index is 11.8. The summed E-state index contributed by atoms with van der Waals surface area (Å²) in [5, 5.41) is 6.10. The molecule has 0 spiro atoms. The van der Waals surface area contributed by atoms with E-state index in [2.05, 4.69) is 29.5 Å². The molecule has 0 aliphatic carbocycles. The number of hydrogen-bond donors (Lipinski definition) is 2. The molecule has 2 atom stereocenters.